The molecule has 5 nitrogen and oxygen atoms in total. The second kappa shape index (κ2) is 12.1. The first kappa shape index (κ1) is 27.2. The van der Waals surface area contributed by atoms with Gasteiger partial charge in [-0.05, 0) is 78.3 Å². The molecule has 0 radical (unpaired) electrons. The average molecular weight is 528 g/mol. The van der Waals surface area contributed by atoms with Crippen LogP contribution in [0.4, 0.5) is 5.69 Å². The number of halogens is 1. The van der Waals surface area contributed by atoms with E-state index in [4.69, 9.17) is 22.4 Å². The van der Waals surface area contributed by atoms with Crippen LogP contribution in [0, 0.1) is 0 Å². The van der Waals surface area contributed by atoms with Gasteiger partial charge in [-0.3, -0.25) is 4.99 Å². The van der Waals surface area contributed by atoms with Crippen LogP contribution in [0.15, 0.2) is 77.9 Å². The standard InChI is InChI=1S/C32H34ClN3O2/c1-4-22-8-14-30(29(33)17-22)36-21(3)16-26-18-25(27(19-34)20-35-5-2)12-13-28(26)32(36)24-10-6-23(7-11-24)9-15-31(37)38/h6-15,17-21,32H,4-5,16,34H2,1-3H3,(H,37,38)/b15-9+,27-19?,35-20?. The van der Waals surface area contributed by atoms with E-state index < -0.39 is 5.97 Å². The summed E-state index contributed by atoms with van der Waals surface area (Å²) in [7, 11) is 0. The number of anilines is 1. The Morgan fingerprint density at radius 3 is 2.53 bits per heavy atom. The van der Waals surface area contributed by atoms with Crippen molar-refractivity contribution in [3.8, 4) is 0 Å². The molecule has 1 aliphatic heterocycles. The number of carboxylic acid groups (broad SMARTS) is 1. The summed E-state index contributed by atoms with van der Waals surface area (Å²) in [6, 6.07) is 21.0. The fourth-order valence-corrected chi connectivity index (χ4v) is 5.41. The largest absolute Gasteiger partial charge is 0.478 e. The average Bonchev–Trinajstić information content (AvgIpc) is 2.92. The molecule has 1 heterocycles. The summed E-state index contributed by atoms with van der Waals surface area (Å²) in [6.07, 6.45) is 7.97. The molecule has 2 unspecified atom stereocenters. The Labute approximate surface area is 230 Å². The van der Waals surface area contributed by atoms with Gasteiger partial charge in [0.05, 0.1) is 16.8 Å². The number of rotatable bonds is 8. The number of carboxylic acids is 1. The molecule has 0 spiro atoms. The molecular weight excluding hydrogens is 494 g/mol. The Kier molecular flexibility index (Phi) is 8.70. The molecule has 0 saturated heterocycles. The lowest BCUT2D eigenvalue weighted by molar-refractivity contribution is -0.131. The van der Waals surface area contributed by atoms with Crippen LogP contribution >= 0.6 is 11.6 Å². The van der Waals surface area contributed by atoms with E-state index in [1.54, 1.807) is 12.3 Å². The lowest BCUT2D eigenvalue weighted by atomic mass is 9.83. The lowest BCUT2D eigenvalue weighted by Gasteiger charge is -2.44. The van der Waals surface area contributed by atoms with Crippen molar-refractivity contribution in [2.75, 3.05) is 11.4 Å². The van der Waals surface area contributed by atoms with E-state index in [-0.39, 0.29) is 12.1 Å². The number of hydrogen-bond acceptors (Lipinski definition) is 4. The van der Waals surface area contributed by atoms with Gasteiger partial charge < -0.3 is 15.7 Å². The normalized spacial score (nSPS) is 17.8. The number of allylic oxidation sites excluding steroid dienone is 1. The molecule has 4 rings (SSSR count). The third kappa shape index (κ3) is 5.84. The first-order valence-corrected chi connectivity index (χ1v) is 13.4. The Bertz CT molecular complexity index is 1390. The van der Waals surface area contributed by atoms with Crippen molar-refractivity contribution >= 4 is 41.1 Å². The zero-order chi connectivity index (χ0) is 27.2. The third-order valence-electron chi connectivity index (χ3n) is 7.00. The number of aryl methyl sites for hydroxylation is 1. The monoisotopic (exact) mass is 527 g/mol. The van der Waals surface area contributed by atoms with E-state index in [9.17, 15) is 4.79 Å². The highest BCUT2D eigenvalue weighted by molar-refractivity contribution is 6.33. The third-order valence-corrected chi connectivity index (χ3v) is 7.30. The van der Waals surface area contributed by atoms with Crippen LogP contribution in [-0.2, 0) is 17.6 Å². The topological polar surface area (TPSA) is 78.9 Å². The molecule has 0 bridgehead atoms. The molecule has 3 aromatic carbocycles. The van der Waals surface area contributed by atoms with Crippen LogP contribution in [0.25, 0.3) is 11.6 Å². The summed E-state index contributed by atoms with van der Waals surface area (Å²) >= 11 is 6.87. The summed E-state index contributed by atoms with van der Waals surface area (Å²) in [5.41, 5.74) is 14.5. The fourth-order valence-electron chi connectivity index (χ4n) is 5.11. The van der Waals surface area contributed by atoms with Crippen LogP contribution in [0.2, 0.25) is 5.02 Å². The number of nitrogens with zero attached hydrogens (tertiary/aromatic N) is 2. The van der Waals surface area contributed by atoms with Crippen LogP contribution in [-0.4, -0.2) is 29.9 Å². The number of nitrogens with two attached hydrogens (primary N) is 1. The molecule has 0 aromatic heterocycles. The Morgan fingerprint density at radius 1 is 1.13 bits per heavy atom. The van der Waals surface area contributed by atoms with E-state index in [1.807, 2.05) is 25.3 Å². The van der Waals surface area contributed by atoms with Crippen LogP contribution in [0.5, 0.6) is 0 Å². The minimum atomic E-state index is -0.967. The van der Waals surface area contributed by atoms with Gasteiger partial charge in [-0.25, -0.2) is 4.79 Å². The first-order chi connectivity index (χ1) is 18.4. The van der Waals surface area contributed by atoms with Crippen LogP contribution in [0.3, 0.4) is 0 Å². The van der Waals surface area contributed by atoms with Crippen molar-refractivity contribution < 1.29 is 9.90 Å². The predicted molar refractivity (Wildman–Crippen MR) is 159 cm³/mol. The molecule has 6 heteroatoms. The molecule has 0 amide bonds. The Morgan fingerprint density at radius 2 is 1.89 bits per heavy atom. The zero-order valence-electron chi connectivity index (χ0n) is 22.1. The van der Waals surface area contributed by atoms with Gasteiger partial charge in [-0.1, -0.05) is 67.1 Å². The van der Waals surface area contributed by atoms with E-state index in [0.717, 1.165) is 51.9 Å². The molecule has 0 fully saturated rings. The van der Waals surface area contributed by atoms with Gasteiger partial charge in [0, 0.05) is 36.7 Å². The number of aliphatic imine (C=N–C) groups is 1. The van der Waals surface area contributed by atoms with Gasteiger partial charge in [0.2, 0.25) is 0 Å². The summed E-state index contributed by atoms with van der Waals surface area (Å²) in [4.78, 5) is 17.8. The van der Waals surface area contributed by atoms with Gasteiger partial charge >= 0.3 is 5.97 Å². The molecule has 0 saturated carbocycles. The maximum Gasteiger partial charge on any atom is 0.328 e. The van der Waals surface area contributed by atoms with Crippen molar-refractivity contribution in [2.24, 2.45) is 10.7 Å². The van der Waals surface area contributed by atoms with Gasteiger partial charge in [-0.15, -0.1) is 0 Å². The second-order valence-corrected chi connectivity index (χ2v) is 9.91. The van der Waals surface area contributed by atoms with Gasteiger partial charge in [0.1, 0.15) is 0 Å². The van der Waals surface area contributed by atoms with E-state index >= 15 is 0 Å². The van der Waals surface area contributed by atoms with Crippen LogP contribution in [0.1, 0.15) is 60.2 Å². The minimum absolute atomic E-state index is 0.0695. The number of fused-ring (bicyclic) bond motifs is 1. The first-order valence-electron chi connectivity index (χ1n) is 13.0. The molecule has 196 valence electrons. The summed E-state index contributed by atoms with van der Waals surface area (Å²) in [6.45, 7) is 7.06. The molecular formula is C32H34ClN3O2. The quantitative estimate of drug-likeness (QED) is 0.246. The smallest absolute Gasteiger partial charge is 0.328 e. The van der Waals surface area contributed by atoms with Gasteiger partial charge in [0.15, 0.2) is 0 Å². The molecule has 1 aliphatic rings. The maximum absolute atomic E-state index is 11.0. The van der Waals surface area contributed by atoms with Gasteiger partial charge in [0.25, 0.3) is 0 Å². The Hall–Kier alpha value is -3.83. The SMILES string of the molecule is CCN=CC(=CN)c1ccc2c(c1)CC(C)N(c1ccc(CC)cc1Cl)C2c1ccc(/C=C/C(=O)O)cc1. The van der Waals surface area contributed by atoms with E-state index in [2.05, 4.69) is 72.3 Å². The molecule has 3 N–H and O–H groups in total. The van der Waals surface area contributed by atoms with E-state index in [1.165, 1.54) is 16.7 Å². The van der Waals surface area contributed by atoms with Gasteiger partial charge in [-0.2, -0.15) is 0 Å². The summed E-state index contributed by atoms with van der Waals surface area (Å²) in [5, 5.41) is 9.74. The van der Waals surface area contributed by atoms with Crippen molar-refractivity contribution in [2.45, 2.75) is 45.7 Å². The number of carbonyl (C=O) groups is 1. The highest BCUT2D eigenvalue weighted by Crippen LogP contribution is 2.44. The van der Waals surface area contributed by atoms with Crippen molar-refractivity contribution in [3.63, 3.8) is 0 Å². The highest BCUT2D eigenvalue weighted by atomic mass is 35.5. The van der Waals surface area contributed by atoms with E-state index in [0.29, 0.717) is 6.54 Å². The minimum Gasteiger partial charge on any atom is -0.478 e. The predicted octanol–water partition coefficient (Wildman–Crippen LogP) is 6.93. The molecule has 38 heavy (non-hydrogen) atoms. The van der Waals surface area contributed by atoms with Crippen molar-refractivity contribution in [1.82, 2.24) is 0 Å². The molecule has 0 aliphatic carbocycles. The molecule has 3 aromatic rings. The summed E-state index contributed by atoms with van der Waals surface area (Å²) < 4.78 is 0. The van der Waals surface area contributed by atoms with Crippen molar-refractivity contribution in [3.05, 3.63) is 111 Å². The van der Waals surface area contributed by atoms with Crippen molar-refractivity contribution in [1.29, 1.82) is 0 Å². The highest BCUT2D eigenvalue weighted by Gasteiger charge is 2.34. The molecule has 2 atom stereocenters. The number of hydrogen-bond donors (Lipinski definition) is 2. The summed E-state index contributed by atoms with van der Waals surface area (Å²) in [5.74, 6) is -0.967. The second-order valence-electron chi connectivity index (χ2n) is 9.50. The number of aliphatic carboxylic acids is 1. The van der Waals surface area contributed by atoms with Crippen LogP contribution < -0.4 is 10.6 Å². The zero-order valence-corrected chi connectivity index (χ0v) is 22.8. The maximum atomic E-state index is 11.0. The Balaban J connectivity index is 1.84. The number of benzene rings is 3. The fraction of sp³-hybridized carbons (Fsp3) is 0.250. The lowest BCUT2D eigenvalue weighted by Crippen LogP contribution is -2.43.